The molecule has 42 heavy (non-hydrogen) atoms. The smallest absolute Gasteiger partial charge is 0.335 e. The Balaban J connectivity index is 1.29. The van der Waals surface area contributed by atoms with Gasteiger partial charge in [-0.05, 0) is 67.3 Å². The third-order valence-electron chi connectivity index (χ3n) is 8.47. The first-order chi connectivity index (χ1) is 20.2. The average molecular weight is 585 g/mol. The Morgan fingerprint density at radius 3 is 2.48 bits per heavy atom. The molecule has 2 aromatic rings. The van der Waals surface area contributed by atoms with Gasteiger partial charge in [0.25, 0.3) is 0 Å². The lowest BCUT2D eigenvalue weighted by atomic mass is 9.81. The van der Waals surface area contributed by atoms with Crippen molar-refractivity contribution in [3.63, 3.8) is 0 Å². The lowest BCUT2D eigenvalue weighted by Gasteiger charge is -2.37. The molecule has 2 fully saturated rings. The molecular formula is C30H34F2N4O6. The minimum atomic E-state index is -1.52. The standard InChI is InChI=1S/C30H34F2N4O6/c1-42-16-24-26(28(38)39)27(18-8-11-22(31)23(32)14-18)36(30(41)34-24)29(40)33-19-12-13-35(15-19)20-9-6-17(7-10-20)21-4-2-3-5-25(21)37/h2-5,8,11,14,17,19-20,27,37H,6-7,9-10,12-13,15-16H2,1H3,(H,33,40)(H,34,41)(H,38,39)/t17?,19-,20?,27+/m1/s1. The van der Waals surface area contributed by atoms with Crippen molar-refractivity contribution >= 4 is 18.0 Å². The summed E-state index contributed by atoms with van der Waals surface area (Å²) < 4.78 is 33.0. The number of para-hydroxylation sites is 1. The van der Waals surface area contributed by atoms with E-state index in [1.807, 2.05) is 18.2 Å². The summed E-state index contributed by atoms with van der Waals surface area (Å²) in [6.07, 6.45) is 4.40. The van der Waals surface area contributed by atoms with Crippen LogP contribution in [-0.2, 0) is 9.53 Å². The number of hydrogen-bond acceptors (Lipinski definition) is 6. The molecule has 0 aromatic heterocycles. The van der Waals surface area contributed by atoms with Gasteiger partial charge < -0.3 is 25.6 Å². The van der Waals surface area contributed by atoms with E-state index in [-0.39, 0.29) is 29.5 Å². The van der Waals surface area contributed by atoms with Gasteiger partial charge in [-0.15, -0.1) is 0 Å². The van der Waals surface area contributed by atoms with Gasteiger partial charge in [0, 0.05) is 32.3 Å². The number of nitrogens with zero attached hydrogens (tertiary/aromatic N) is 2. The number of nitrogens with one attached hydrogen (secondary N) is 2. The van der Waals surface area contributed by atoms with E-state index in [1.54, 1.807) is 6.07 Å². The Morgan fingerprint density at radius 2 is 1.81 bits per heavy atom. The maximum absolute atomic E-state index is 14.2. The van der Waals surface area contributed by atoms with E-state index in [0.29, 0.717) is 35.6 Å². The number of methoxy groups -OCH3 is 1. The SMILES string of the molecule is COCC1=C(C(=O)O)[C@H](c2ccc(F)c(F)c2)N(C(=O)N[C@@H]2CCN(C3CCC(c4ccccc4O)CC3)C2)C(=O)N1. The normalized spacial score (nSPS) is 24.9. The number of halogens is 2. The van der Waals surface area contributed by atoms with Crippen LogP contribution < -0.4 is 10.6 Å². The Kier molecular flexibility index (Phi) is 8.74. The van der Waals surface area contributed by atoms with Gasteiger partial charge in [0.15, 0.2) is 11.6 Å². The highest BCUT2D eigenvalue weighted by atomic mass is 19.2. The molecule has 3 aliphatic rings. The van der Waals surface area contributed by atoms with Crippen molar-refractivity contribution in [2.24, 2.45) is 0 Å². The third kappa shape index (κ3) is 5.95. The molecule has 0 radical (unpaired) electrons. The number of likely N-dealkylation sites (tertiary alicyclic amines) is 1. The first-order valence-corrected chi connectivity index (χ1v) is 14.0. The molecule has 0 unspecified atom stereocenters. The van der Waals surface area contributed by atoms with Crippen LogP contribution in [0.3, 0.4) is 0 Å². The summed E-state index contributed by atoms with van der Waals surface area (Å²) in [5, 5.41) is 25.5. The third-order valence-corrected chi connectivity index (χ3v) is 8.47. The summed E-state index contributed by atoms with van der Waals surface area (Å²) in [4.78, 5) is 42.1. The predicted octanol–water partition coefficient (Wildman–Crippen LogP) is 4.23. The van der Waals surface area contributed by atoms with Crippen LogP contribution in [0.5, 0.6) is 5.75 Å². The van der Waals surface area contributed by atoms with Crippen LogP contribution in [0.2, 0.25) is 0 Å². The quantitative estimate of drug-likeness (QED) is 0.383. The number of carbonyl (C=O) groups is 3. The van der Waals surface area contributed by atoms with E-state index in [2.05, 4.69) is 15.5 Å². The largest absolute Gasteiger partial charge is 0.508 e. The second kappa shape index (κ2) is 12.5. The summed E-state index contributed by atoms with van der Waals surface area (Å²) in [7, 11) is 1.31. The molecule has 12 heteroatoms. The number of phenols is 1. The van der Waals surface area contributed by atoms with Crippen molar-refractivity contribution in [1.29, 1.82) is 0 Å². The zero-order valence-corrected chi connectivity index (χ0v) is 23.2. The van der Waals surface area contributed by atoms with Crippen LogP contribution in [0.1, 0.15) is 55.2 Å². The fraction of sp³-hybridized carbons (Fsp3) is 0.433. The Labute approximate surface area is 241 Å². The number of rotatable bonds is 7. The molecule has 1 saturated carbocycles. The number of aromatic hydroxyl groups is 1. The molecule has 2 atom stereocenters. The molecule has 4 amide bonds. The van der Waals surface area contributed by atoms with E-state index in [4.69, 9.17) is 4.74 Å². The average Bonchev–Trinajstić information content (AvgIpc) is 3.43. The van der Waals surface area contributed by atoms with Gasteiger partial charge in [0.1, 0.15) is 11.8 Å². The van der Waals surface area contributed by atoms with Crippen molar-refractivity contribution in [3.8, 4) is 5.75 Å². The second-order valence-corrected chi connectivity index (χ2v) is 11.0. The van der Waals surface area contributed by atoms with Gasteiger partial charge >= 0.3 is 18.0 Å². The summed E-state index contributed by atoms with van der Waals surface area (Å²) in [5.74, 6) is -3.20. The van der Waals surface area contributed by atoms with Crippen molar-refractivity contribution < 1.29 is 38.1 Å². The zero-order valence-electron chi connectivity index (χ0n) is 23.2. The summed E-state index contributed by atoms with van der Waals surface area (Å²) >= 11 is 0. The van der Waals surface area contributed by atoms with E-state index in [1.165, 1.54) is 7.11 Å². The number of urea groups is 2. The lowest BCUT2D eigenvalue weighted by Crippen LogP contribution is -2.56. The van der Waals surface area contributed by atoms with Crippen molar-refractivity contribution in [1.82, 2.24) is 20.4 Å². The number of carboxylic acids is 1. The minimum Gasteiger partial charge on any atom is -0.508 e. The van der Waals surface area contributed by atoms with Crippen LogP contribution in [0.4, 0.5) is 18.4 Å². The molecular weight excluding hydrogens is 550 g/mol. The van der Waals surface area contributed by atoms with Crippen LogP contribution in [0.15, 0.2) is 53.7 Å². The summed E-state index contributed by atoms with van der Waals surface area (Å²) in [5.41, 5.74) is 0.438. The number of aliphatic carboxylic acids is 1. The first-order valence-electron chi connectivity index (χ1n) is 14.0. The van der Waals surface area contributed by atoms with Gasteiger partial charge in [-0.1, -0.05) is 24.3 Å². The number of ether oxygens (including phenoxy) is 1. The molecule has 2 aromatic carbocycles. The molecule has 0 bridgehead atoms. The maximum atomic E-state index is 14.2. The minimum absolute atomic E-state index is 0.0702. The predicted molar refractivity (Wildman–Crippen MR) is 148 cm³/mol. The molecule has 4 N–H and O–H groups in total. The molecule has 5 rings (SSSR count). The highest BCUT2D eigenvalue weighted by Crippen LogP contribution is 2.39. The highest BCUT2D eigenvalue weighted by molar-refractivity contribution is 6.01. The second-order valence-electron chi connectivity index (χ2n) is 11.0. The monoisotopic (exact) mass is 584 g/mol. The Bertz CT molecular complexity index is 1390. The molecule has 0 spiro atoms. The molecule has 1 saturated heterocycles. The van der Waals surface area contributed by atoms with E-state index >= 15 is 0 Å². The van der Waals surface area contributed by atoms with E-state index in [0.717, 1.165) is 56.0 Å². The molecule has 1 aliphatic carbocycles. The number of carbonyl (C=O) groups excluding carboxylic acids is 2. The van der Waals surface area contributed by atoms with E-state index in [9.17, 15) is 33.4 Å². The van der Waals surface area contributed by atoms with Crippen molar-refractivity contribution in [3.05, 3.63) is 76.5 Å². The van der Waals surface area contributed by atoms with Gasteiger partial charge in [-0.3, -0.25) is 4.90 Å². The number of carboxylic acid groups (broad SMARTS) is 1. The van der Waals surface area contributed by atoms with Crippen LogP contribution >= 0.6 is 0 Å². The summed E-state index contributed by atoms with van der Waals surface area (Å²) in [6, 6.07) is 6.94. The fourth-order valence-electron chi connectivity index (χ4n) is 6.45. The van der Waals surface area contributed by atoms with Gasteiger partial charge in [-0.25, -0.2) is 28.1 Å². The highest BCUT2D eigenvalue weighted by Gasteiger charge is 2.44. The zero-order chi connectivity index (χ0) is 30.0. The van der Waals surface area contributed by atoms with Gasteiger partial charge in [0.2, 0.25) is 0 Å². The Hall–Kier alpha value is -4.03. The number of imide groups is 1. The van der Waals surface area contributed by atoms with Crippen molar-refractivity contribution in [2.75, 3.05) is 26.8 Å². The van der Waals surface area contributed by atoms with Crippen LogP contribution in [0, 0.1) is 11.6 Å². The number of hydrogen-bond donors (Lipinski definition) is 4. The fourth-order valence-corrected chi connectivity index (χ4v) is 6.45. The number of phenolic OH excluding ortho intramolecular Hbond substituents is 1. The molecule has 224 valence electrons. The first kappa shape index (κ1) is 29.5. The molecule has 2 heterocycles. The van der Waals surface area contributed by atoms with Gasteiger partial charge in [-0.2, -0.15) is 0 Å². The van der Waals surface area contributed by atoms with Gasteiger partial charge in [0.05, 0.1) is 17.9 Å². The topological polar surface area (TPSA) is 131 Å². The summed E-state index contributed by atoms with van der Waals surface area (Å²) in [6.45, 7) is 1.03. The van der Waals surface area contributed by atoms with Crippen molar-refractivity contribution in [2.45, 2.75) is 56.1 Å². The number of benzene rings is 2. The Morgan fingerprint density at radius 1 is 1.07 bits per heavy atom. The number of amides is 4. The molecule has 10 nitrogen and oxygen atoms in total. The lowest BCUT2D eigenvalue weighted by molar-refractivity contribution is -0.133. The molecule has 2 aliphatic heterocycles. The van der Waals surface area contributed by atoms with Crippen LogP contribution in [0.25, 0.3) is 0 Å². The van der Waals surface area contributed by atoms with E-state index < -0.39 is 35.7 Å². The van der Waals surface area contributed by atoms with Crippen LogP contribution in [-0.4, -0.2) is 76.9 Å². The maximum Gasteiger partial charge on any atom is 0.335 e.